The van der Waals surface area contributed by atoms with Crippen molar-refractivity contribution < 1.29 is 26.7 Å². The van der Waals surface area contributed by atoms with Gasteiger partial charge in [0.2, 0.25) is 10.0 Å². The number of nitrogens with zero attached hydrogens (tertiary/aromatic N) is 2. The van der Waals surface area contributed by atoms with Crippen LogP contribution in [0, 0.1) is 10.8 Å². The Hall–Kier alpha value is -3.08. The number of sulfonamides is 1. The lowest BCUT2D eigenvalue weighted by Crippen LogP contribution is -2.48. The van der Waals surface area contributed by atoms with Gasteiger partial charge in [0, 0.05) is 44.7 Å². The highest BCUT2D eigenvalue weighted by Gasteiger charge is 2.60. The van der Waals surface area contributed by atoms with Crippen LogP contribution in [0.2, 0.25) is 0 Å². The fourth-order valence-electron chi connectivity index (χ4n) is 7.23. The van der Waals surface area contributed by atoms with Gasteiger partial charge < -0.3 is 19.9 Å². The van der Waals surface area contributed by atoms with Crippen LogP contribution in [0.25, 0.3) is 0 Å². The van der Waals surface area contributed by atoms with E-state index >= 15 is 0 Å². The van der Waals surface area contributed by atoms with Gasteiger partial charge in [-0.15, -0.1) is 0 Å². The molecule has 0 radical (unpaired) electrons. The van der Waals surface area contributed by atoms with Gasteiger partial charge >= 0.3 is 0 Å². The molecule has 2 aromatic carbocycles. The molecule has 0 unspecified atom stereocenters. The van der Waals surface area contributed by atoms with E-state index in [1.54, 1.807) is 43.3 Å². The van der Waals surface area contributed by atoms with Crippen LogP contribution in [0.4, 0.5) is 31.5 Å². The topological polar surface area (TPSA) is 91.0 Å². The molecule has 0 aromatic heterocycles. The Kier molecular flexibility index (Phi) is 7.30. The fraction of sp³-hybridized carbons (Fsp3) is 0.581. The van der Waals surface area contributed by atoms with E-state index in [-0.39, 0.29) is 37.6 Å². The molecule has 11 heteroatoms. The second-order valence-corrected chi connectivity index (χ2v) is 14.8. The molecule has 2 aliphatic heterocycles. The molecule has 0 bridgehead atoms. The van der Waals surface area contributed by atoms with Gasteiger partial charge in [0.25, 0.3) is 11.8 Å². The van der Waals surface area contributed by atoms with Gasteiger partial charge in [0.1, 0.15) is 5.75 Å². The zero-order chi connectivity index (χ0) is 29.8. The molecule has 8 nitrogen and oxygen atoms in total. The summed E-state index contributed by atoms with van der Waals surface area (Å²) in [6.07, 6.45) is 7.01. The Morgan fingerprint density at radius 2 is 1.43 bits per heavy atom. The molecule has 0 atom stereocenters. The van der Waals surface area contributed by atoms with Gasteiger partial charge in [-0.3, -0.25) is 9.52 Å². The highest BCUT2D eigenvalue weighted by atomic mass is 32.2. The minimum absolute atomic E-state index is 0.0486. The molecule has 2 saturated heterocycles. The first-order chi connectivity index (χ1) is 19.9. The lowest BCUT2D eigenvalue weighted by molar-refractivity contribution is -0.0221. The standard InChI is InChI=1S/C31H40F2N4O4S/c1-3-42(39,40)35-23-4-6-24(25(19-23)36-14-10-30(11-15-36)20-29(21-30)8-9-29)28(38)34-22-5-7-27(41-2)26(18-22)37-16-12-31(32,33)13-17-37/h4-7,18-19,35H,3,8-17,20-21H2,1-2H3,(H,34,38). The second kappa shape index (κ2) is 10.6. The molecule has 2 heterocycles. The van der Waals surface area contributed by atoms with Crippen LogP contribution in [0.15, 0.2) is 36.4 Å². The third-order valence-electron chi connectivity index (χ3n) is 9.79. The first-order valence-electron chi connectivity index (χ1n) is 15.0. The Bertz CT molecular complexity index is 1450. The molecule has 6 rings (SSSR count). The molecule has 228 valence electrons. The number of nitrogens with one attached hydrogen (secondary N) is 2. The Balaban J connectivity index is 1.23. The number of piperidine rings is 2. The molecule has 1 amide bonds. The molecule has 2 aromatic rings. The number of rotatable bonds is 8. The van der Waals surface area contributed by atoms with Crippen LogP contribution in [0.3, 0.4) is 0 Å². The van der Waals surface area contributed by atoms with E-state index in [1.807, 2.05) is 4.90 Å². The van der Waals surface area contributed by atoms with E-state index < -0.39 is 15.9 Å². The summed E-state index contributed by atoms with van der Waals surface area (Å²) in [7, 11) is -1.95. The number of carbonyl (C=O) groups is 1. The van der Waals surface area contributed by atoms with E-state index in [4.69, 9.17) is 4.74 Å². The zero-order valence-corrected chi connectivity index (χ0v) is 25.2. The Morgan fingerprint density at radius 3 is 2.05 bits per heavy atom. The monoisotopic (exact) mass is 602 g/mol. The average Bonchev–Trinajstić information content (AvgIpc) is 3.73. The van der Waals surface area contributed by atoms with E-state index in [0.29, 0.717) is 44.9 Å². The number of methoxy groups -OCH3 is 1. The summed E-state index contributed by atoms with van der Waals surface area (Å²) in [5.74, 6) is -2.49. The quantitative estimate of drug-likeness (QED) is 0.379. The van der Waals surface area contributed by atoms with Crippen molar-refractivity contribution in [1.29, 1.82) is 0 Å². The van der Waals surface area contributed by atoms with Crippen molar-refractivity contribution >= 4 is 38.7 Å². The highest BCUT2D eigenvalue weighted by Crippen LogP contribution is 2.71. The van der Waals surface area contributed by atoms with Crippen molar-refractivity contribution in [3.05, 3.63) is 42.0 Å². The SMILES string of the molecule is CCS(=O)(=O)Nc1ccc(C(=O)Nc2ccc(OC)c(N3CCC(F)(F)CC3)c2)c(N2CCC3(CC2)CC2(CC2)C3)c1. The van der Waals surface area contributed by atoms with Crippen molar-refractivity contribution in [2.45, 2.75) is 64.2 Å². The van der Waals surface area contributed by atoms with Gasteiger partial charge in [0.05, 0.1) is 35.5 Å². The van der Waals surface area contributed by atoms with E-state index in [1.165, 1.54) is 32.8 Å². The maximum atomic E-state index is 13.8. The lowest BCUT2D eigenvalue weighted by Gasteiger charge is -2.53. The summed E-state index contributed by atoms with van der Waals surface area (Å²) < 4.78 is 60.3. The molecule has 2 aliphatic carbocycles. The maximum Gasteiger partial charge on any atom is 0.257 e. The summed E-state index contributed by atoms with van der Waals surface area (Å²) in [6, 6.07) is 10.3. The van der Waals surface area contributed by atoms with Gasteiger partial charge in [-0.05, 0) is 92.7 Å². The van der Waals surface area contributed by atoms with Gasteiger partial charge in [-0.1, -0.05) is 0 Å². The molecular formula is C31H40F2N4O4S. The fourth-order valence-corrected chi connectivity index (χ4v) is 7.86. The van der Waals surface area contributed by atoms with Crippen LogP contribution in [-0.4, -0.2) is 59.3 Å². The zero-order valence-electron chi connectivity index (χ0n) is 24.3. The van der Waals surface area contributed by atoms with Crippen molar-refractivity contribution in [3.8, 4) is 5.75 Å². The second-order valence-electron chi connectivity index (χ2n) is 12.8. The van der Waals surface area contributed by atoms with E-state index in [2.05, 4.69) is 14.9 Å². The summed E-state index contributed by atoms with van der Waals surface area (Å²) in [4.78, 5) is 17.8. The minimum atomic E-state index is -3.48. The molecule has 2 N–H and O–H groups in total. The molecule has 2 spiro atoms. The number of ether oxygens (including phenoxy) is 1. The molecular weight excluding hydrogens is 562 g/mol. The predicted octanol–water partition coefficient (Wildman–Crippen LogP) is 6.11. The predicted molar refractivity (Wildman–Crippen MR) is 162 cm³/mol. The molecule has 42 heavy (non-hydrogen) atoms. The average molecular weight is 603 g/mol. The van der Waals surface area contributed by atoms with E-state index in [0.717, 1.165) is 25.9 Å². The summed E-state index contributed by atoms with van der Waals surface area (Å²) in [5, 5.41) is 2.99. The van der Waals surface area contributed by atoms with Crippen molar-refractivity contribution in [3.63, 3.8) is 0 Å². The molecule has 4 fully saturated rings. The van der Waals surface area contributed by atoms with Crippen LogP contribution < -0.4 is 24.6 Å². The number of carbonyl (C=O) groups excluding carboxylic acids is 1. The number of alkyl halides is 2. The van der Waals surface area contributed by atoms with Gasteiger partial charge in [0.15, 0.2) is 0 Å². The maximum absolute atomic E-state index is 13.8. The number of benzene rings is 2. The number of hydrogen-bond donors (Lipinski definition) is 2. The third kappa shape index (κ3) is 5.89. The largest absolute Gasteiger partial charge is 0.495 e. The number of halogens is 2. The molecule has 2 saturated carbocycles. The van der Waals surface area contributed by atoms with Crippen LogP contribution in [-0.2, 0) is 10.0 Å². The first-order valence-corrected chi connectivity index (χ1v) is 16.6. The Morgan fingerprint density at radius 1 is 0.857 bits per heavy atom. The summed E-state index contributed by atoms with van der Waals surface area (Å²) >= 11 is 0. The number of amides is 1. The highest BCUT2D eigenvalue weighted by molar-refractivity contribution is 7.92. The normalized spacial score (nSPS) is 22.0. The van der Waals surface area contributed by atoms with Crippen LogP contribution in [0.1, 0.15) is 68.6 Å². The number of hydrogen-bond acceptors (Lipinski definition) is 6. The van der Waals surface area contributed by atoms with E-state index in [9.17, 15) is 22.0 Å². The van der Waals surface area contributed by atoms with Crippen molar-refractivity contribution in [1.82, 2.24) is 0 Å². The van der Waals surface area contributed by atoms with Gasteiger partial charge in [-0.2, -0.15) is 0 Å². The molecule has 4 aliphatic rings. The van der Waals surface area contributed by atoms with Crippen LogP contribution >= 0.6 is 0 Å². The third-order valence-corrected chi connectivity index (χ3v) is 11.1. The summed E-state index contributed by atoms with van der Waals surface area (Å²) in [5.41, 5.74) is 3.80. The van der Waals surface area contributed by atoms with Crippen LogP contribution in [0.5, 0.6) is 5.75 Å². The smallest absolute Gasteiger partial charge is 0.257 e. The Labute approximate surface area is 246 Å². The first kappa shape index (κ1) is 29.0. The number of anilines is 4. The minimum Gasteiger partial charge on any atom is -0.495 e. The van der Waals surface area contributed by atoms with Crippen molar-refractivity contribution in [2.24, 2.45) is 10.8 Å². The lowest BCUT2D eigenvalue weighted by atomic mass is 9.55. The van der Waals surface area contributed by atoms with Crippen molar-refractivity contribution in [2.75, 3.05) is 58.9 Å². The van der Waals surface area contributed by atoms with Gasteiger partial charge in [-0.25, -0.2) is 17.2 Å². The summed E-state index contributed by atoms with van der Waals surface area (Å²) in [6.45, 7) is 3.59.